The van der Waals surface area contributed by atoms with Crippen LogP contribution in [0.15, 0.2) is 66.9 Å². The largest absolute Gasteiger partial charge is 0.486 e. The number of hydrogen-bond donors (Lipinski definition) is 4. The topological polar surface area (TPSA) is 110 Å². The predicted molar refractivity (Wildman–Crippen MR) is 128 cm³/mol. The number of fused-ring (bicyclic) bond motifs is 2. The van der Waals surface area contributed by atoms with Gasteiger partial charge in [-0.2, -0.15) is 0 Å². The zero-order valence-corrected chi connectivity index (χ0v) is 18.0. The summed E-state index contributed by atoms with van der Waals surface area (Å²) in [6, 6.07) is 18.6. The van der Waals surface area contributed by atoms with Crippen LogP contribution in [0.4, 0.5) is 5.69 Å². The number of aromatic nitrogens is 1. The molecule has 1 aliphatic rings. The summed E-state index contributed by atoms with van der Waals surface area (Å²) >= 11 is 0. The molecule has 0 aliphatic carbocycles. The second-order valence-electron chi connectivity index (χ2n) is 8.09. The number of nitrogens with two attached hydrogens (primary N) is 1. The molecule has 2 heterocycles. The van der Waals surface area contributed by atoms with Crippen molar-refractivity contribution in [1.29, 1.82) is 0 Å². The van der Waals surface area contributed by atoms with Crippen LogP contribution in [0.3, 0.4) is 0 Å². The fourth-order valence-electron chi connectivity index (χ4n) is 4.20. The van der Waals surface area contributed by atoms with Crippen molar-refractivity contribution in [3.8, 4) is 22.6 Å². The Hall–Kier alpha value is -3.97. The van der Waals surface area contributed by atoms with Gasteiger partial charge in [-0.1, -0.05) is 30.3 Å². The first-order valence-electron chi connectivity index (χ1n) is 10.9. The van der Waals surface area contributed by atoms with E-state index in [4.69, 9.17) is 15.2 Å². The number of amides is 1. The quantitative estimate of drug-likeness (QED) is 0.341. The summed E-state index contributed by atoms with van der Waals surface area (Å²) in [6.45, 7) is 0.581. The second-order valence-corrected chi connectivity index (χ2v) is 8.09. The van der Waals surface area contributed by atoms with Crippen molar-refractivity contribution in [2.45, 2.75) is 12.5 Å². The fraction of sp³-hybridized carbons (Fsp3) is 0.192. The molecule has 5 N–H and O–H groups in total. The third kappa shape index (κ3) is 4.23. The summed E-state index contributed by atoms with van der Waals surface area (Å²) in [5, 5.41) is 14.0. The minimum Gasteiger partial charge on any atom is -0.486 e. The van der Waals surface area contributed by atoms with Crippen LogP contribution in [0.25, 0.3) is 22.0 Å². The number of nitrogens with one attached hydrogen (secondary N) is 2. The predicted octanol–water partition coefficient (Wildman–Crippen LogP) is 3.52. The van der Waals surface area contributed by atoms with Gasteiger partial charge in [0.2, 0.25) is 0 Å². The molecule has 0 saturated heterocycles. The maximum absolute atomic E-state index is 13.3. The van der Waals surface area contributed by atoms with Crippen LogP contribution >= 0.6 is 0 Å². The number of hydrogen-bond acceptors (Lipinski definition) is 5. The molecule has 1 amide bonds. The van der Waals surface area contributed by atoms with Gasteiger partial charge in [-0.15, -0.1) is 0 Å². The molecule has 3 aromatic carbocycles. The number of ether oxygens (including phenoxy) is 2. The van der Waals surface area contributed by atoms with Gasteiger partial charge in [-0.25, -0.2) is 0 Å². The average Bonchev–Trinajstić information content (AvgIpc) is 3.25. The van der Waals surface area contributed by atoms with Crippen molar-refractivity contribution in [2.75, 3.05) is 25.6 Å². The van der Waals surface area contributed by atoms with Crippen LogP contribution in [0, 0.1) is 0 Å². The maximum atomic E-state index is 13.3. The molecule has 7 nitrogen and oxygen atoms in total. The van der Waals surface area contributed by atoms with E-state index >= 15 is 0 Å². The van der Waals surface area contributed by atoms with Gasteiger partial charge in [0, 0.05) is 22.8 Å². The van der Waals surface area contributed by atoms with Crippen LogP contribution in [-0.2, 0) is 6.42 Å². The van der Waals surface area contributed by atoms with Crippen LogP contribution in [0.2, 0.25) is 0 Å². The first-order valence-corrected chi connectivity index (χ1v) is 10.9. The molecule has 5 rings (SSSR count). The summed E-state index contributed by atoms with van der Waals surface area (Å²) in [4.78, 5) is 16.6. The van der Waals surface area contributed by atoms with Crippen LogP contribution < -0.4 is 20.5 Å². The van der Waals surface area contributed by atoms with E-state index in [2.05, 4.69) is 10.3 Å². The lowest BCUT2D eigenvalue weighted by atomic mass is 9.99. The number of H-pyrrole nitrogens is 1. The monoisotopic (exact) mass is 443 g/mol. The summed E-state index contributed by atoms with van der Waals surface area (Å²) in [5.41, 5.74) is 10.7. The highest BCUT2D eigenvalue weighted by atomic mass is 16.6. The number of anilines is 1. The van der Waals surface area contributed by atoms with Crippen molar-refractivity contribution >= 4 is 22.5 Å². The van der Waals surface area contributed by atoms with Gasteiger partial charge in [0.05, 0.1) is 18.2 Å². The van der Waals surface area contributed by atoms with Gasteiger partial charge in [0.1, 0.15) is 13.2 Å². The summed E-state index contributed by atoms with van der Waals surface area (Å²) in [7, 11) is 0. The van der Waals surface area contributed by atoms with Crippen molar-refractivity contribution < 1.29 is 19.4 Å². The van der Waals surface area contributed by atoms with E-state index in [1.54, 1.807) is 6.07 Å². The molecular weight excluding hydrogens is 418 g/mol. The molecule has 0 saturated carbocycles. The Balaban J connectivity index is 1.44. The van der Waals surface area contributed by atoms with Crippen molar-refractivity contribution in [2.24, 2.45) is 0 Å². The third-order valence-electron chi connectivity index (χ3n) is 5.80. The lowest BCUT2D eigenvalue weighted by Gasteiger charge is -2.23. The van der Waals surface area contributed by atoms with E-state index in [9.17, 15) is 9.90 Å². The fourth-order valence-corrected chi connectivity index (χ4v) is 4.20. The highest BCUT2D eigenvalue weighted by Gasteiger charge is 2.25. The zero-order chi connectivity index (χ0) is 22.8. The highest BCUT2D eigenvalue weighted by Crippen LogP contribution is 2.38. The number of aliphatic hydroxyl groups excluding tert-OH is 1. The zero-order valence-electron chi connectivity index (χ0n) is 18.0. The molecule has 168 valence electrons. The Morgan fingerprint density at radius 3 is 2.76 bits per heavy atom. The number of nitrogen functional groups attached to an aromatic ring is 1. The van der Waals surface area contributed by atoms with Crippen molar-refractivity contribution in [3.63, 3.8) is 0 Å². The molecule has 0 radical (unpaired) electrons. The molecule has 1 atom stereocenters. The van der Waals surface area contributed by atoms with E-state index < -0.39 is 6.04 Å². The molecule has 1 aliphatic heterocycles. The molecule has 1 aromatic heterocycles. The second kappa shape index (κ2) is 8.88. The smallest absolute Gasteiger partial charge is 0.255 e. The Bertz CT molecular complexity index is 1310. The summed E-state index contributed by atoms with van der Waals surface area (Å²) in [5.74, 6) is 0.597. The molecule has 0 unspecified atom stereocenters. The van der Waals surface area contributed by atoms with Crippen LogP contribution in [0.1, 0.15) is 15.9 Å². The Morgan fingerprint density at radius 2 is 1.91 bits per heavy atom. The van der Waals surface area contributed by atoms with Crippen LogP contribution in [0.5, 0.6) is 11.5 Å². The van der Waals surface area contributed by atoms with E-state index in [0.717, 1.165) is 27.6 Å². The van der Waals surface area contributed by atoms with Gasteiger partial charge in [0.15, 0.2) is 11.5 Å². The maximum Gasteiger partial charge on any atom is 0.255 e. The standard InChI is InChI=1S/C26H25N3O4/c27-19-5-3-4-16(10-19)17-12-22(25-24(13-17)32-8-9-33-25)26(31)29-20(15-30)11-18-14-28-23-7-2-1-6-21(18)23/h1-7,10,12-14,20,28,30H,8-9,11,15,27H2,(H,29,31)/t20-/m1/s1. The van der Waals surface area contributed by atoms with Gasteiger partial charge < -0.3 is 30.6 Å². The summed E-state index contributed by atoms with van der Waals surface area (Å²) < 4.78 is 11.6. The number of aromatic amines is 1. The normalized spacial score (nSPS) is 13.6. The van der Waals surface area contributed by atoms with E-state index in [1.807, 2.05) is 60.8 Å². The number of aliphatic hydroxyl groups is 1. The van der Waals surface area contributed by atoms with Crippen LogP contribution in [-0.4, -0.2) is 41.9 Å². The van der Waals surface area contributed by atoms with Crippen molar-refractivity contribution in [3.05, 3.63) is 78.0 Å². The van der Waals surface area contributed by atoms with Gasteiger partial charge in [-0.3, -0.25) is 4.79 Å². The van der Waals surface area contributed by atoms with Gasteiger partial charge in [-0.05, 0) is 53.4 Å². The van der Waals surface area contributed by atoms with Crippen molar-refractivity contribution in [1.82, 2.24) is 10.3 Å². The SMILES string of the molecule is Nc1cccc(-c2cc3c(c(C(=O)N[C@@H](CO)Cc4c[nH]c5ccccc45)c2)OCCO3)c1. The molecular formula is C26H25N3O4. The van der Waals surface area contributed by atoms with Gasteiger partial charge >= 0.3 is 0 Å². The lowest BCUT2D eigenvalue weighted by Crippen LogP contribution is -2.39. The number of carbonyl (C=O) groups excluding carboxylic acids is 1. The molecule has 7 heteroatoms. The molecule has 0 bridgehead atoms. The Morgan fingerprint density at radius 1 is 1.06 bits per heavy atom. The Labute approximate surface area is 191 Å². The number of para-hydroxylation sites is 1. The lowest BCUT2D eigenvalue weighted by molar-refractivity contribution is 0.0906. The minimum absolute atomic E-state index is 0.195. The molecule has 0 spiro atoms. The number of rotatable bonds is 6. The molecule has 0 fully saturated rings. The average molecular weight is 444 g/mol. The molecule has 33 heavy (non-hydrogen) atoms. The minimum atomic E-state index is -0.465. The molecule has 4 aromatic rings. The summed E-state index contributed by atoms with van der Waals surface area (Å²) in [6.07, 6.45) is 2.40. The number of carbonyl (C=O) groups is 1. The first kappa shape index (κ1) is 20.9. The van der Waals surface area contributed by atoms with Gasteiger partial charge in [0.25, 0.3) is 5.91 Å². The first-order chi connectivity index (χ1) is 16.1. The van der Waals surface area contributed by atoms with E-state index in [0.29, 0.717) is 42.4 Å². The Kier molecular flexibility index (Phi) is 5.62. The highest BCUT2D eigenvalue weighted by molar-refractivity contribution is 5.99. The number of benzene rings is 3. The van der Waals surface area contributed by atoms with E-state index in [-0.39, 0.29) is 12.5 Å². The third-order valence-corrected chi connectivity index (χ3v) is 5.80. The van der Waals surface area contributed by atoms with E-state index in [1.165, 1.54) is 0 Å².